The van der Waals surface area contributed by atoms with Gasteiger partial charge in [-0.05, 0) is 35.4 Å². The second-order valence-corrected chi connectivity index (χ2v) is 5.47. The van der Waals surface area contributed by atoms with Crippen molar-refractivity contribution in [2.75, 3.05) is 19.4 Å². The van der Waals surface area contributed by atoms with Crippen LogP contribution in [0, 0.1) is 17.8 Å². The average molecular weight is 263 g/mol. The number of rotatable bonds is 5. The fourth-order valence-electron chi connectivity index (χ4n) is 1.49. The van der Waals surface area contributed by atoms with Gasteiger partial charge in [-0.3, -0.25) is 0 Å². The molecule has 98 valence electrons. The van der Waals surface area contributed by atoms with Crippen LogP contribution in [0.4, 0.5) is 0 Å². The van der Waals surface area contributed by atoms with E-state index in [1.807, 2.05) is 23.9 Å². The van der Waals surface area contributed by atoms with E-state index in [0.29, 0.717) is 12.5 Å². The smallest absolute Gasteiger partial charge is 0.119 e. The van der Waals surface area contributed by atoms with E-state index in [0.717, 1.165) is 22.8 Å². The minimum Gasteiger partial charge on any atom is -0.497 e. The van der Waals surface area contributed by atoms with Crippen molar-refractivity contribution in [2.45, 2.75) is 19.6 Å². The van der Waals surface area contributed by atoms with E-state index in [9.17, 15) is 0 Å². The van der Waals surface area contributed by atoms with E-state index in [1.54, 1.807) is 7.11 Å². The average Bonchev–Trinajstić information content (AvgIpc) is 2.36. The van der Waals surface area contributed by atoms with Gasteiger partial charge in [-0.2, -0.15) is 11.8 Å². The number of hydrogen-bond acceptors (Lipinski definition) is 3. The summed E-state index contributed by atoms with van der Waals surface area (Å²) in [6, 6.07) is 6.01. The van der Waals surface area contributed by atoms with Crippen LogP contribution in [0.5, 0.6) is 5.75 Å². The van der Waals surface area contributed by atoms with Crippen LogP contribution in [-0.4, -0.2) is 19.4 Å². The third-order valence-corrected chi connectivity index (χ3v) is 3.76. The summed E-state index contributed by atoms with van der Waals surface area (Å²) in [4.78, 5) is 0. The zero-order chi connectivity index (χ0) is 13.4. The molecule has 0 atom stereocenters. The molecule has 0 aromatic heterocycles. The van der Waals surface area contributed by atoms with Crippen LogP contribution in [0.25, 0.3) is 0 Å². The second-order valence-electron chi connectivity index (χ2n) is 4.44. The molecule has 0 saturated heterocycles. The van der Waals surface area contributed by atoms with Crippen LogP contribution in [0.15, 0.2) is 18.2 Å². The Kier molecular flexibility index (Phi) is 6.70. The molecule has 0 amide bonds. The van der Waals surface area contributed by atoms with Crippen LogP contribution in [0.3, 0.4) is 0 Å². The lowest BCUT2D eigenvalue weighted by atomic mass is 10.1. The molecule has 0 aliphatic rings. The fraction of sp³-hybridized carbons (Fsp3) is 0.467. The summed E-state index contributed by atoms with van der Waals surface area (Å²) in [6.45, 7) is 4.85. The molecular formula is C15H21NOS. The van der Waals surface area contributed by atoms with Crippen LogP contribution in [-0.2, 0) is 5.75 Å². The first-order valence-electron chi connectivity index (χ1n) is 6.11. The van der Waals surface area contributed by atoms with Crippen molar-refractivity contribution in [3.63, 3.8) is 0 Å². The Morgan fingerprint density at radius 1 is 1.39 bits per heavy atom. The third kappa shape index (κ3) is 5.03. The monoisotopic (exact) mass is 263 g/mol. The Labute approximate surface area is 114 Å². The summed E-state index contributed by atoms with van der Waals surface area (Å²) in [7, 11) is 1.69. The van der Waals surface area contributed by atoms with Crippen LogP contribution >= 0.6 is 11.8 Å². The first-order chi connectivity index (χ1) is 8.67. The van der Waals surface area contributed by atoms with E-state index >= 15 is 0 Å². The Balaban J connectivity index is 2.82. The Hall–Kier alpha value is -1.11. The maximum Gasteiger partial charge on any atom is 0.119 e. The normalized spacial score (nSPS) is 10.1. The lowest BCUT2D eigenvalue weighted by Gasteiger charge is -2.09. The molecule has 2 nitrogen and oxygen atoms in total. The van der Waals surface area contributed by atoms with E-state index in [1.165, 1.54) is 5.56 Å². The van der Waals surface area contributed by atoms with Crippen LogP contribution < -0.4 is 10.5 Å². The largest absolute Gasteiger partial charge is 0.497 e. The summed E-state index contributed by atoms with van der Waals surface area (Å²) in [5, 5.41) is 0. The number of hydrogen-bond donors (Lipinski definition) is 1. The maximum absolute atomic E-state index is 5.42. The Morgan fingerprint density at radius 3 is 2.78 bits per heavy atom. The highest BCUT2D eigenvalue weighted by atomic mass is 32.2. The summed E-state index contributed by atoms with van der Waals surface area (Å²) < 4.78 is 5.26. The van der Waals surface area contributed by atoms with Crippen molar-refractivity contribution >= 4 is 11.8 Å². The van der Waals surface area contributed by atoms with E-state index in [-0.39, 0.29) is 0 Å². The van der Waals surface area contributed by atoms with Gasteiger partial charge in [0.15, 0.2) is 0 Å². The summed E-state index contributed by atoms with van der Waals surface area (Å²) >= 11 is 1.93. The minimum absolute atomic E-state index is 0.393. The molecule has 0 saturated carbocycles. The highest BCUT2D eigenvalue weighted by molar-refractivity contribution is 7.98. The fourth-order valence-corrected chi connectivity index (χ4v) is 2.54. The van der Waals surface area contributed by atoms with Gasteiger partial charge in [-0.1, -0.05) is 25.7 Å². The topological polar surface area (TPSA) is 35.2 Å². The molecule has 2 N–H and O–H groups in total. The second kappa shape index (κ2) is 8.07. The number of ether oxygens (including phenoxy) is 1. The van der Waals surface area contributed by atoms with Crippen molar-refractivity contribution in [3.8, 4) is 17.6 Å². The first-order valence-corrected chi connectivity index (χ1v) is 7.26. The molecule has 3 heteroatoms. The van der Waals surface area contributed by atoms with Gasteiger partial charge < -0.3 is 10.5 Å². The molecular weight excluding hydrogens is 242 g/mol. The minimum atomic E-state index is 0.393. The SMILES string of the molecule is COc1ccc(C#CCN)c(CSCC(C)C)c1. The van der Waals surface area contributed by atoms with Gasteiger partial charge in [0, 0.05) is 11.3 Å². The zero-order valence-corrected chi connectivity index (χ0v) is 12.1. The highest BCUT2D eigenvalue weighted by Gasteiger charge is 2.04. The number of thioether (sulfide) groups is 1. The quantitative estimate of drug-likeness (QED) is 0.830. The Morgan fingerprint density at radius 2 is 2.17 bits per heavy atom. The summed E-state index contributed by atoms with van der Waals surface area (Å²) in [5.74, 6) is 9.73. The van der Waals surface area contributed by atoms with Crippen molar-refractivity contribution in [1.29, 1.82) is 0 Å². The van der Waals surface area contributed by atoms with Gasteiger partial charge >= 0.3 is 0 Å². The van der Waals surface area contributed by atoms with Gasteiger partial charge in [0.25, 0.3) is 0 Å². The lowest BCUT2D eigenvalue weighted by Crippen LogP contribution is -1.96. The van der Waals surface area contributed by atoms with Crippen molar-refractivity contribution < 1.29 is 4.74 Å². The van der Waals surface area contributed by atoms with Gasteiger partial charge in [0.05, 0.1) is 13.7 Å². The van der Waals surface area contributed by atoms with Crippen molar-refractivity contribution in [1.82, 2.24) is 0 Å². The van der Waals surface area contributed by atoms with Gasteiger partial charge in [0.2, 0.25) is 0 Å². The molecule has 0 aliphatic heterocycles. The molecule has 0 unspecified atom stereocenters. The van der Waals surface area contributed by atoms with Gasteiger partial charge in [0.1, 0.15) is 5.75 Å². The van der Waals surface area contributed by atoms with Crippen molar-refractivity contribution in [2.24, 2.45) is 11.7 Å². The number of benzene rings is 1. The molecule has 0 radical (unpaired) electrons. The standard InChI is InChI=1S/C15H21NOS/c1-12(2)10-18-11-14-9-15(17-3)7-6-13(14)5-4-8-16/h6-7,9,12H,8,10-11,16H2,1-3H3. The molecule has 1 aromatic rings. The summed E-state index contributed by atoms with van der Waals surface area (Å²) in [6.07, 6.45) is 0. The lowest BCUT2D eigenvalue weighted by molar-refractivity contribution is 0.414. The van der Waals surface area contributed by atoms with Crippen LogP contribution in [0.2, 0.25) is 0 Å². The molecule has 18 heavy (non-hydrogen) atoms. The molecule has 1 rings (SSSR count). The van der Waals surface area contributed by atoms with E-state index < -0.39 is 0 Å². The predicted molar refractivity (Wildman–Crippen MR) is 79.9 cm³/mol. The molecule has 1 aromatic carbocycles. The van der Waals surface area contributed by atoms with Crippen LogP contribution in [0.1, 0.15) is 25.0 Å². The Bertz CT molecular complexity index is 432. The number of methoxy groups -OCH3 is 1. The van der Waals surface area contributed by atoms with Gasteiger partial charge in [-0.15, -0.1) is 0 Å². The summed E-state index contributed by atoms with van der Waals surface area (Å²) in [5.41, 5.74) is 7.70. The zero-order valence-electron chi connectivity index (χ0n) is 11.3. The first kappa shape index (κ1) is 14.9. The predicted octanol–water partition coefficient (Wildman–Crippen LogP) is 2.89. The maximum atomic E-state index is 5.42. The van der Waals surface area contributed by atoms with E-state index in [2.05, 4.69) is 31.8 Å². The van der Waals surface area contributed by atoms with Gasteiger partial charge in [-0.25, -0.2) is 0 Å². The molecule has 0 fully saturated rings. The number of nitrogens with two attached hydrogens (primary N) is 1. The van der Waals surface area contributed by atoms with Crippen molar-refractivity contribution in [3.05, 3.63) is 29.3 Å². The molecule has 0 aliphatic carbocycles. The highest BCUT2D eigenvalue weighted by Crippen LogP contribution is 2.22. The third-order valence-electron chi connectivity index (χ3n) is 2.35. The molecule has 0 spiro atoms. The molecule has 0 heterocycles. The molecule has 0 bridgehead atoms. The van der Waals surface area contributed by atoms with E-state index in [4.69, 9.17) is 10.5 Å².